The van der Waals surface area contributed by atoms with Crippen molar-refractivity contribution in [3.8, 4) is 0 Å². The van der Waals surface area contributed by atoms with Crippen molar-refractivity contribution in [1.29, 1.82) is 0 Å². The summed E-state index contributed by atoms with van der Waals surface area (Å²) in [5.41, 5.74) is 0.749. The first-order valence-corrected chi connectivity index (χ1v) is 7.78. The monoisotopic (exact) mass is 290 g/mol. The van der Waals surface area contributed by atoms with Crippen LogP contribution in [-0.4, -0.2) is 23.8 Å². The van der Waals surface area contributed by atoms with Crippen LogP contribution in [0, 0.1) is 0 Å². The first kappa shape index (κ1) is 16.0. The summed E-state index contributed by atoms with van der Waals surface area (Å²) >= 11 is 0. The van der Waals surface area contributed by atoms with Crippen molar-refractivity contribution >= 4 is 5.97 Å². The summed E-state index contributed by atoms with van der Waals surface area (Å²) < 4.78 is 11.5. The highest BCUT2D eigenvalue weighted by Crippen LogP contribution is 2.36. The van der Waals surface area contributed by atoms with Gasteiger partial charge in [0.25, 0.3) is 0 Å². The van der Waals surface area contributed by atoms with E-state index in [1.807, 2.05) is 30.3 Å². The van der Waals surface area contributed by atoms with Gasteiger partial charge in [-0.25, -0.2) is 0 Å². The maximum absolute atomic E-state index is 11.8. The minimum Gasteiger partial charge on any atom is -0.465 e. The number of esters is 1. The first-order valence-electron chi connectivity index (χ1n) is 7.78. The molecule has 1 atom stereocenters. The molecule has 0 saturated carbocycles. The second kappa shape index (κ2) is 6.61. The van der Waals surface area contributed by atoms with Crippen LogP contribution in [0.4, 0.5) is 0 Å². The SMILES string of the molecule is CC1(C)CCCC(C)(CCOC(=O)Cc2ccccc2)O1. The van der Waals surface area contributed by atoms with E-state index in [0.717, 1.165) is 24.8 Å². The number of hydrogen-bond acceptors (Lipinski definition) is 3. The molecule has 1 heterocycles. The molecule has 1 aliphatic heterocycles. The summed E-state index contributed by atoms with van der Waals surface area (Å²) in [5, 5.41) is 0. The number of rotatable bonds is 5. The summed E-state index contributed by atoms with van der Waals surface area (Å²) in [6.07, 6.45) is 4.39. The standard InChI is InChI=1S/C18H26O3/c1-17(2)10-7-11-18(3,21-17)12-13-20-16(19)14-15-8-5-4-6-9-15/h4-6,8-9H,7,10-14H2,1-3H3. The van der Waals surface area contributed by atoms with Crippen molar-refractivity contribution in [2.24, 2.45) is 0 Å². The highest BCUT2D eigenvalue weighted by molar-refractivity contribution is 5.72. The molecule has 116 valence electrons. The van der Waals surface area contributed by atoms with Gasteiger partial charge < -0.3 is 9.47 Å². The van der Waals surface area contributed by atoms with Crippen LogP contribution in [0.1, 0.15) is 52.0 Å². The third-order valence-electron chi connectivity index (χ3n) is 4.09. The summed E-state index contributed by atoms with van der Waals surface area (Å²) in [4.78, 5) is 11.8. The van der Waals surface area contributed by atoms with Crippen molar-refractivity contribution in [2.75, 3.05) is 6.61 Å². The van der Waals surface area contributed by atoms with E-state index in [1.54, 1.807) is 0 Å². The molecule has 2 rings (SSSR count). The van der Waals surface area contributed by atoms with Crippen LogP contribution in [0.5, 0.6) is 0 Å². The molecule has 1 unspecified atom stereocenters. The highest BCUT2D eigenvalue weighted by atomic mass is 16.5. The molecule has 3 nitrogen and oxygen atoms in total. The zero-order valence-electron chi connectivity index (χ0n) is 13.4. The lowest BCUT2D eigenvalue weighted by molar-refractivity contribution is -0.175. The van der Waals surface area contributed by atoms with Gasteiger partial charge in [-0.05, 0) is 45.6 Å². The lowest BCUT2D eigenvalue weighted by Gasteiger charge is -2.43. The molecule has 0 radical (unpaired) electrons. The first-order chi connectivity index (χ1) is 9.89. The Morgan fingerprint density at radius 2 is 1.90 bits per heavy atom. The van der Waals surface area contributed by atoms with E-state index in [4.69, 9.17) is 9.47 Å². The Labute approximate surface area is 127 Å². The van der Waals surface area contributed by atoms with Gasteiger partial charge in [-0.3, -0.25) is 4.79 Å². The van der Waals surface area contributed by atoms with E-state index in [0.29, 0.717) is 13.0 Å². The van der Waals surface area contributed by atoms with Gasteiger partial charge in [0.1, 0.15) is 0 Å². The van der Waals surface area contributed by atoms with Crippen LogP contribution >= 0.6 is 0 Å². The lowest BCUT2D eigenvalue weighted by atomic mass is 9.86. The van der Waals surface area contributed by atoms with Crippen LogP contribution in [0.15, 0.2) is 30.3 Å². The molecule has 1 fully saturated rings. The third-order valence-corrected chi connectivity index (χ3v) is 4.09. The molecule has 21 heavy (non-hydrogen) atoms. The molecule has 0 aromatic heterocycles. The third kappa shape index (κ3) is 5.16. The molecule has 1 saturated heterocycles. The second-order valence-electron chi connectivity index (χ2n) is 6.80. The van der Waals surface area contributed by atoms with Crippen molar-refractivity contribution in [2.45, 2.75) is 64.1 Å². The van der Waals surface area contributed by atoms with Crippen LogP contribution in [0.25, 0.3) is 0 Å². The van der Waals surface area contributed by atoms with Crippen LogP contribution < -0.4 is 0 Å². The minimum absolute atomic E-state index is 0.0684. The number of carbonyl (C=O) groups is 1. The molecule has 0 N–H and O–H groups in total. The maximum Gasteiger partial charge on any atom is 0.310 e. The smallest absolute Gasteiger partial charge is 0.310 e. The molecule has 1 aromatic rings. The van der Waals surface area contributed by atoms with Crippen LogP contribution in [0.3, 0.4) is 0 Å². The summed E-state index contributed by atoms with van der Waals surface area (Å²) in [6, 6.07) is 9.69. The molecule has 0 amide bonds. The topological polar surface area (TPSA) is 35.5 Å². The Morgan fingerprint density at radius 1 is 1.19 bits per heavy atom. The number of benzene rings is 1. The number of hydrogen-bond donors (Lipinski definition) is 0. The maximum atomic E-state index is 11.8. The molecule has 3 heteroatoms. The Hall–Kier alpha value is -1.35. The molecule has 0 spiro atoms. The largest absolute Gasteiger partial charge is 0.465 e. The van der Waals surface area contributed by atoms with E-state index >= 15 is 0 Å². The van der Waals surface area contributed by atoms with Gasteiger partial charge in [-0.1, -0.05) is 30.3 Å². The second-order valence-corrected chi connectivity index (χ2v) is 6.80. The predicted octanol–water partition coefficient (Wildman–Crippen LogP) is 3.90. The van der Waals surface area contributed by atoms with Gasteiger partial charge in [0.15, 0.2) is 0 Å². The zero-order chi connectivity index (χ0) is 15.3. The Morgan fingerprint density at radius 3 is 2.57 bits per heavy atom. The van der Waals surface area contributed by atoms with Crippen molar-refractivity contribution in [1.82, 2.24) is 0 Å². The van der Waals surface area contributed by atoms with E-state index in [9.17, 15) is 4.79 Å². The van der Waals surface area contributed by atoms with Crippen molar-refractivity contribution < 1.29 is 14.3 Å². The van der Waals surface area contributed by atoms with Crippen LogP contribution in [-0.2, 0) is 20.7 Å². The van der Waals surface area contributed by atoms with E-state index in [-0.39, 0.29) is 17.2 Å². The van der Waals surface area contributed by atoms with E-state index in [2.05, 4.69) is 20.8 Å². The van der Waals surface area contributed by atoms with E-state index in [1.165, 1.54) is 6.42 Å². The van der Waals surface area contributed by atoms with Crippen molar-refractivity contribution in [3.05, 3.63) is 35.9 Å². The minimum atomic E-state index is -0.172. The molecule has 1 aromatic carbocycles. The highest BCUT2D eigenvalue weighted by Gasteiger charge is 2.37. The fraction of sp³-hybridized carbons (Fsp3) is 0.611. The Bertz CT molecular complexity index is 467. The Balaban J connectivity index is 1.75. The fourth-order valence-corrected chi connectivity index (χ4v) is 3.03. The van der Waals surface area contributed by atoms with Gasteiger partial charge in [0.2, 0.25) is 0 Å². The van der Waals surface area contributed by atoms with Gasteiger partial charge >= 0.3 is 5.97 Å². The summed E-state index contributed by atoms with van der Waals surface area (Å²) in [5.74, 6) is -0.167. The molecular formula is C18H26O3. The average molecular weight is 290 g/mol. The molecule has 0 aliphatic carbocycles. The van der Waals surface area contributed by atoms with Crippen LogP contribution in [0.2, 0.25) is 0 Å². The molecule has 0 bridgehead atoms. The predicted molar refractivity (Wildman–Crippen MR) is 83.1 cm³/mol. The quantitative estimate of drug-likeness (QED) is 0.772. The number of ether oxygens (including phenoxy) is 2. The molecule has 1 aliphatic rings. The van der Waals surface area contributed by atoms with Crippen molar-refractivity contribution in [3.63, 3.8) is 0 Å². The summed E-state index contributed by atoms with van der Waals surface area (Å²) in [6.45, 7) is 6.81. The van der Waals surface area contributed by atoms with Gasteiger partial charge in [0.05, 0.1) is 24.2 Å². The van der Waals surface area contributed by atoms with Gasteiger partial charge in [-0.15, -0.1) is 0 Å². The Kier molecular flexibility index (Phi) is 5.04. The van der Waals surface area contributed by atoms with Gasteiger partial charge in [-0.2, -0.15) is 0 Å². The summed E-state index contributed by atoms with van der Waals surface area (Å²) in [7, 11) is 0. The zero-order valence-corrected chi connectivity index (χ0v) is 13.4. The lowest BCUT2D eigenvalue weighted by Crippen LogP contribution is -2.44. The van der Waals surface area contributed by atoms with Gasteiger partial charge in [0, 0.05) is 6.42 Å². The average Bonchev–Trinajstić information content (AvgIpc) is 2.38. The van der Waals surface area contributed by atoms with E-state index < -0.39 is 0 Å². The fourth-order valence-electron chi connectivity index (χ4n) is 3.03. The molecular weight excluding hydrogens is 264 g/mol. The normalized spacial score (nSPS) is 24.5. The number of carbonyl (C=O) groups excluding carboxylic acids is 1.